The number of piperazine rings is 1. The molecule has 18 heavy (non-hydrogen) atoms. The van der Waals surface area contributed by atoms with E-state index in [-0.39, 0.29) is 24.4 Å². The van der Waals surface area contributed by atoms with Gasteiger partial charge in [0.1, 0.15) is 6.04 Å². The number of amides is 2. The molecule has 0 aromatic rings. The average Bonchev–Trinajstić information content (AvgIpc) is 3.11. The lowest BCUT2D eigenvalue weighted by Crippen LogP contribution is -2.61. The van der Waals surface area contributed by atoms with Gasteiger partial charge in [-0.3, -0.25) is 9.59 Å². The highest BCUT2D eigenvalue weighted by Crippen LogP contribution is 2.45. The highest BCUT2D eigenvalue weighted by Gasteiger charge is 2.45. The maximum atomic E-state index is 12.4. The van der Waals surface area contributed by atoms with Crippen LogP contribution in [-0.4, -0.2) is 35.8 Å². The first kappa shape index (κ1) is 12.0. The molecule has 1 aliphatic heterocycles. The minimum atomic E-state index is -0.222. The van der Waals surface area contributed by atoms with Gasteiger partial charge in [-0.25, -0.2) is 0 Å². The Bertz CT molecular complexity index is 366. The van der Waals surface area contributed by atoms with Gasteiger partial charge in [-0.15, -0.1) is 0 Å². The van der Waals surface area contributed by atoms with E-state index >= 15 is 0 Å². The third kappa shape index (κ3) is 2.02. The van der Waals surface area contributed by atoms with Crippen LogP contribution in [0.15, 0.2) is 0 Å². The van der Waals surface area contributed by atoms with Crippen LogP contribution < -0.4 is 5.32 Å². The van der Waals surface area contributed by atoms with Crippen LogP contribution in [0.2, 0.25) is 0 Å². The van der Waals surface area contributed by atoms with Crippen molar-refractivity contribution >= 4 is 11.8 Å². The first-order valence-electron chi connectivity index (χ1n) is 7.22. The number of hydrogen-bond acceptors (Lipinski definition) is 2. The molecule has 0 spiro atoms. The highest BCUT2D eigenvalue weighted by molar-refractivity contribution is 5.95. The van der Waals surface area contributed by atoms with Crippen molar-refractivity contribution in [3.8, 4) is 0 Å². The van der Waals surface area contributed by atoms with Crippen molar-refractivity contribution in [3.63, 3.8) is 0 Å². The summed E-state index contributed by atoms with van der Waals surface area (Å²) in [6, 6.07) is -0.222. The summed E-state index contributed by atoms with van der Waals surface area (Å²) in [5.74, 6) is 0.595. The molecule has 1 saturated heterocycles. The number of nitrogens with zero attached hydrogens (tertiary/aromatic N) is 1. The van der Waals surface area contributed by atoms with Gasteiger partial charge in [-0.2, -0.15) is 0 Å². The van der Waals surface area contributed by atoms with E-state index in [1.807, 2.05) is 4.90 Å². The van der Waals surface area contributed by atoms with E-state index in [0.717, 1.165) is 25.8 Å². The zero-order valence-corrected chi connectivity index (χ0v) is 11.1. The van der Waals surface area contributed by atoms with Gasteiger partial charge in [-0.1, -0.05) is 13.3 Å². The van der Waals surface area contributed by atoms with E-state index in [9.17, 15) is 9.59 Å². The lowest BCUT2D eigenvalue weighted by Gasteiger charge is -2.46. The van der Waals surface area contributed by atoms with Gasteiger partial charge in [0.2, 0.25) is 11.8 Å². The minimum absolute atomic E-state index is 0.0251. The molecule has 0 bridgehead atoms. The highest BCUT2D eigenvalue weighted by atomic mass is 16.2. The summed E-state index contributed by atoms with van der Waals surface area (Å²) in [6.07, 6.45) is 6.99. The topological polar surface area (TPSA) is 49.4 Å². The Kier molecular flexibility index (Phi) is 2.83. The molecule has 1 heterocycles. The van der Waals surface area contributed by atoms with Gasteiger partial charge in [0, 0.05) is 6.54 Å². The van der Waals surface area contributed by atoms with Crippen LogP contribution in [-0.2, 0) is 9.59 Å². The minimum Gasteiger partial charge on any atom is -0.342 e. The fourth-order valence-electron chi connectivity index (χ4n) is 3.32. The molecule has 100 valence electrons. The van der Waals surface area contributed by atoms with Crippen LogP contribution in [0.25, 0.3) is 0 Å². The van der Waals surface area contributed by atoms with Crippen LogP contribution in [0.3, 0.4) is 0 Å². The second kappa shape index (κ2) is 4.25. The summed E-state index contributed by atoms with van der Waals surface area (Å²) in [5, 5.41) is 2.87. The molecule has 3 aliphatic rings. The second-order valence-corrected chi connectivity index (χ2v) is 6.28. The molecule has 1 N–H and O–H groups in total. The van der Waals surface area contributed by atoms with E-state index in [1.165, 1.54) is 19.3 Å². The molecule has 0 aromatic heterocycles. The monoisotopic (exact) mass is 250 g/mol. The van der Waals surface area contributed by atoms with Crippen molar-refractivity contribution in [1.82, 2.24) is 10.2 Å². The smallest absolute Gasteiger partial charge is 0.245 e. The van der Waals surface area contributed by atoms with Crippen molar-refractivity contribution in [2.45, 2.75) is 51.5 Å². The summed E-state index contributed by atoms with van der Waals surface area (Å²) < 4.78 is 0. The number of hydrogen-bond donors (Lipinski definition) is 1. The second-order valence-electron chi connectivity index (χ2n) is 6.28. The van der Waals surface area contributed by atoms with Crippen LogP contribution in [0, 0.1) is 11.3 Å². The van der Waals surface area contributed by atoms with Gasteiger partial charge >= 0.3 is 0 Å². The molecule has 1 atom stereocenters. The molecule has 3 fully saturated rings. The summed E-state index contributed by atoms with van der Waals surface area (Å²) in [6.45, 7) is 3.26. The van der Waals surface area contributed by atoms with Crippen molar-refractivity contribution < 1.29 is 9.59 Å². The Hall–Kier alpha value is -1.06. The quantitative estimate of drug-likeness (QED) is 0.817. The molecule has 1 unspecified atom stereocenters. The van der Waals surface area contributed by atoms with Gasteiger partial charge in [-0.05, 0) is 43.4 Å². The maximum Gasteiger partial charge on any atom is 0.245 e. The van der Waals surface area contributed by atoms with Gasteiger partial charge in [0.15, 0.2) is 0 Å². The average molecular weight is 250 g/mol. The summed E-state index contributed by atoms with van der Waals surface area (Å²) in [5.41, 5.74) is 0.307. The Morgan fingerprint density at radius 3 is 2.56 bits per heavy atom. The zero-order chi connectivity index (χ0) is 12.8. The van der Waals surface area contributed by atoms with E-state index in [4.69, 9.17) is 0 Å². The van der Waals surface area contributed by atoms with Gasteiger partial charge in [0.05, 0.1) is 6.54 Å². The van der Waals surface area contributed by atoms with Gasteiger partial charge < -0.3 is 10.2 Å². The molecule has 2 aliphatic carbocycles. The van der Waals surface area contributed by atoms with Crippen LogP contribution >= 0.6 is 0 Å². The van der Waals surface area contributed by atoms with Crippen LogP contribution in [0.1, 0.15) is 45.4 Å². The maximum absolute atomic E-state index is 12.4. The summed E-state index contributed by atoms with van der Waals surface area (Å²) in [7, 11) is 0. The largest absolute Gasteiger partial charge is 0.342 e. The molecule has 4 nitrogen and oxygen atoms in total. The SMILES string of the molecule is CCC1(CN2CC(=O)NC(C3CC3)C2=O)CCC1. The van der Waals surface area contributed by atoms with Crippen LogP contribution in [0.4, 0.5) is 0 Å². The Morgan fingerprint density at radius 2 is 2.06 bits per heavy atom. The standard InChI is InChI=1S/C14H22N2O2/c1-2-14(6-3-7-14)9-16-8-11(17)15-12(13(16)18)10-4-5-10/h10,12H,2-9H2,1H3,(H,15,17). The zero-order valence-electron chi connectivity index (χ0n) is 11.1. The molecule has 0 radical (unpaired) electrons. The first-order chi connectivity index (χ1) is 8.63. The number of carbonyl (C=O) groups excluding carboxylic acids is 2. The predicted octanol–water partition coefficient (Wildman–Crippen LogP) is 1.30. The fraction of sp³-hybridized carbons (Fsp3) is 0.857. The lowest BCUT2D eigenvalue weighted by molar-refractivity contribution is -0.147. The molecule has 3 rings (SSSR count). The summed E-state index contributed by atoms with van der Waals surface area (Å²) in [4.78, 5) is 26.0. The van der Waals surface area contributed by atoms with E-state index in [0.29, 0.717) is 11.3 Å². The third-order valence-corrected chi connectivity index (χ3v) is 5.01. The third-order valence-electron chi connectivity index (χ3n) is 5.01. The Morgan fingerprint density at radius 1 is 1.33 bits per heavy atom. The molecular formula is C14H22N2O2. The van der Waals surface area contributed by atoms with E-state index in [1.54, 1.807) is 0 Å². The van der Waals surface area contributed by atoms with E-state index in [2.05, 4.69) is 12.2 Å². The molecule has 4 heteroatoms. The molecule has 2 amide bonds. The summed E-state index contributed by atoms with van der Waals surface area (Å²) >= 11 is 0. The Balaban J connectivity index is 1.69. The van der Waals surface area contributed by atoms with Gasteiger partial charge in [0.25, 0.3) is 0 Å². The normalized spacial score (nSPS) is 30.9. The molecule has 0 aromatic carbocycles. The predicted molar refractivity (Wildman–Crippen MR) is 67.8 cm³/mol. The Labute approximate surface area is 108 Å². The van der Waals surface area contributed by atoms with Crippen LogP contribution in [0.5, 0.6) is 0 Å². The fourth-order valence-corrected chi connectivity index (χ4v) is 3.32. The number of carbonyl (C=O) groups is 2. The van der Waals surface area contributed by atoms with Crippen molar-refractivity contribution in [1.29, 1.82) is 0 Å². The van der Waals surface area contributed by atoms with Crippen molar-refractivity contribution in [3.05, 3.63) is 0 Å². The number of rotatable bonds is 4. The number of nitrogens with one attached hydrogen (secondary N) is 1. The first-order valence-corrected chi connectivity index (χ1v) is 7.22. The van der Waals surface area contributed by atoms with Crippen molar-refractivity contribution in [2.24, 2.45) is 11.3 Å². The van der Waals surface area contributed by atoms with E-state index < -0.39 is 0 Å². The lowest BCUT2D eigenvalue weighted by atomic mass is 9.66. The molecule has 2 saturated carbocycles. The van der Waals surface area contributed by atoms with Crippen molar-refractivity contribution in [2.75, 3.05) is 13.1 Å². The molecular weight excluding hydrogens is 228 g/mol.